The van der Waals surface area contributed by atoms with Crippen LogP contribution in [0.3, 0.4) is 0 Å². The Balaban J connectivity index is 0.00000338. The van der Waals surface area contributed by atoms with E-state index in [0.717, 1.165) is 11.1 Å². The van der Waals surface area contributed by atoms with Crippen LogP contribution in [0, 0.1) is 0 Å². The summed E-state index contributed by atoms with van der Waals surface area (Å²) in [5.41, 5.74) is 2.22. The minimum Gasteiger partial charge on any atom is -0.357 e. The standard InChI is InChI=1S/C16H24N6O2S.HI/c1-2-18-16(19-9-11-25(17,23)24)20-12-14-6-3-4-7-15(14)13-22-10-5-8-21-22;/h3-8,10H,2,9,11-13H2,1H3,(H2,17,23,24)(H2,18,19,20);1H. The Bertz CT molecular complexity index is 793. The van der Waals surface area contributed by atoms with Gasteiger partial charge in [0.15, 0.2) is 5.96 Å². The van der Waals surface area contributed by atoms with Crippen LogP contribution < -0.4 is 15.8 Å². The van der Waals surface area contributed by atoms with Crippen molar-refractivity contribution < 1.29 is 8.42 Å². The molecular weight excluding hydrogens is 467 g/mol. The minimum absolute atomic E-state index is 0. The molecule has 0 saturated heterocycles. The molecule has 0 aliphatic heterocycles. The van der Waals surface area contributed by atoms with Crippen LogP contribution in [0.15, 0.2) is 47.7 Å². The third-order valence-electron chi connectivity index (χ3n) is 3.44. The molecule has 4 N–H and O–H groups in total. The molecule has 0 aliphatic carbocycles. The van der Waals surface area contributed by atoms with Gasteiger partial charge in [0.2, 0.25) is 10.0 Å². The largest absolute Gasteiger partial charge is 0.357 e. The van der Waals surface area contributed by atoms with Gasteiger partial charge in [-0.25, -0.2) is 18.5 Å². The Labute approximate surface area is 171 Å². The van der Waals surface area contributed by atoms with Gasteiger partial charge in [0.05, 0.1) is 18.8 Å². The molecular formula is C16H25IN6O2S. The molecule has 0 amide bonds. The van der Waals surface area contributed by atoms with Gasteiger partial charge in [-0.15, -0.1) is 24.0 Å². The van der Waals surface area contributed by atoms with Crippen LogP contribution in [-0.2, 0) is 23.1 Å². The Morgan fingerprint density at radius 2 is 1.96 bits per heavy atom. The smallest absolute Gasteiger partial charge is 0.210 e. The van der Waals surface area contributed by atoms with Gasteiger partial charge in [0.25, 0.3) is 0 Å². The molecule has 1 heterocycles. The summed E-state index contributed by atoms with van der Waals surface area (Å²) < 4.78 is 23.9. The third-order valence-corrected chi connectivity index (χ3v) is 4.21. The number of benzene rings is 1. The fourth-order valence-corrected chi connectivity index (χ4v) is 2.64. The van der Waals surface area contributed by atoms with Crippen LogP contribution in [-0.4, -0.2) is 43.0 Å². The highest BCUT2D eigenvalue weighted by atomic mass is 127. The van der Waals surface area contributed by atoms with Crippen LogP contribution in [0.2, 0.25) is 0 Å². The van der Waals surface area contributed by atoms with Crippen LogP contribution >= 0.6 is 24.0 Å². The average molecular weight is 492 g/mol. The molecule has 0 radical (unpaired) electrons. The summed E-state index contributed by atoms with van der Waals surface area (Å²) in [6, 6.07) is 9.92. The summed E-state index contributed by atoms with van der Waals surface area (Å²) in [5.74, 6) is 0.410. The summed E-state index contributed by atoms with van der Waals surface area (Å²) in [6.07, 6.45) is 3.67. The van der Waals surface area contributed by atoms with Crippen molar-refractivity contribution in [3.05, 3.63) is 53.9 Å². The first kappa shape index (κ1) is 22.4. The zero-order valence-electron chi connectivity index (χ0n) is 14.6. The molecule has 0 saturated carbocycles. The number of aromatic nitrogens is 2. The van der Waals surface area contributed by atoms with Gasteiger partial charge in [-0.1, -0.05) is 24.3 Å². The molecule has 0 unspecified atom stereocenters. The summed E-state index contributed by atoms with van der Waals surface area (Å²) in [4.78, 5) is 4.52. The van der Waals surface area contributed by atoms with Gasteiger partial charge in [-0.2, -0.15) is 5.10 Å². The second-order valence-corrected chi connectivity index (χ2v) is 7.20. The van der Waals surface area contributed by atoms with Crippen molar-refractivity contribution in [2.45, 2.75) is 20.0 Å². The number of nitrogens with zero attached hydrogens (tertiary/aromatic N) is 3. The van der Waals surface area contributed by atoms with Crippen molar-refractivity contribution in [3.63, 3.8) is 0 Å². The number of nitrogens with two attached hydrogens (primary N) is 1. The molecule has 2 aromatic rings. The highest BCUT2D eigenvalue weighted by Crippen LogP contribution is 2.11. The van der Waals surface area contributed by atoms with E-state index >= 15 is 0 Å². The van der Waals surface area contributed by atoms with Crippen LogP contribution in [0.1, 0.15) is 18.1 Å². The first-order valence-electron chi connectivity index (χ1n) is 8.05. The number of rotatable bonds is 8. The van der Waals surface area contributed by atoms with Crippen LogP contribution in [0.25, 0.3) is 0 Å². The molecule has 1 aromatic carbocycles. The van der Waals surface area contributed by atoms with Crippen molar-refractivity contribution >= 4 is 40.0 Å². The van der Waals surface area contributed by atoms with E-state index in [1.54, 1.807) is 6.20 Å². The monoisotopic (exact) mass is 492 g/mol. The molecule has 0 fully saturated rings. The first-order chi connectivity index (χ1) is 12.0. The van der Waals surface area contributed by atoms with Gasteiger partial charge in [-0.05, 0) is 24.1 Å². The van der Waals surface area contributed by atoms with Crippen molar-refractivity contribution in [2.24, 2.45) is 10.1 Å². The van der Waals surface area contributed by atoms with E-state index < -0.39 is 10.0 Å². The Kier molecular flexibility index (Phi) is 9.59. The van der Waals surface area contributed by atoms with E-state index in [0.29, 0.717) is 25.6 Å². The maximum absolute atomic E-state index is 11.0. The second-order valence-electron chi connectivity index (χ2n) is 5.46. The van der Waals surface area contributed by atoms with Crippen molar-refractivity contribution in [1.29, 1.82) is 0 Å². The lowest BCUT2D eigenvalue weighted by Crippen LogP contribution is -2.40. The molecule has 10 heteroatoms. The fourth-order valence-electron chi connectivity index (χ4n) is 2.25. The maximum atomic E-state index is 11.0. The zero-order valence-corrected chi connectivity index (χ0v) is 17.8. The SMILES string of the molecule is CCNC(=NCc1ccccc1Cn1cccn1)NCCS(N)(=O)=O.I. The van der Waals surface area contributed by atoms with E-state index in [2.05, 4.69) is 20.7 Å². The number of primary sulfonamides is 1. The van der Waals surface area contributed by atoms with Crippen molar-refractivity contribution in [1.82, 2.24) is 20.4 Å². The predicted molar refractivity (Wildman–Crippen MR) is 114 cm³/mol. The summed E-state index contributed by atoms with van der Waals surface area (Å²) in [7, 11) is -3.49. The van der Waals surface area contributed by atoms with Gasteiger partial charge < -0.3 is 10.6 Å². The highest BCUT2D eigenvalue weighted by Gasteiger charge is 2.05. The topological polar surface area (TPSA) is 114 Å². The Morgan fingerprint density at radius 3 is 2.58 bits per heavy atom. The molecule has 26 heavy (non-hydrogen) atoms. The lowest BCUT2D eigenvalue weighted by molar-refractivity contribution is 0.596. The molecule has 2 rings (SSSR count). The molecule has 144 valence electrons. The fraction of sp³-hybridized carbons (Fsp3) is 0.375. The van der Waals surface area contributed by atoms with Crippen molar-refractivity contribution in [2.75, 3.05) is 18.8 Å². The Morgan fingerprint density at radius 1 is 1.23 bits per heavy atom. The third kappa shape index (κ3) is 8.15. The molecule has 0 aliphatic rings. The Hall–Kier alpha value is -1.66. The molecule has 0 atom stereocenters. The quantitative estimate of drug-likeness (QED) is 0.288. The number of nitrogens with one attached hydrogen (secondary N) is 2. The summed E-state index contributed by atoms with van der Waals surface area (Å²) in [6.45, 7) is 3.98. The number of aliphatic imine (C=N–C) groups is 1. The van der Waals surface area contributed by atoms with Gasteiger partial charge in [-0.3, -0.25) is 4.68 Å². The van der Waals surface area contributed by atoms with Gasteiger partial charge >= 0.3 is 0 Å². The number of guanidine groups is 1. The van der Waals surface area contributed by atoms with Gasteiger partial charge in [0, 0.05) is 25.5 Å². The van der Waals surface area contributed by atoms with Crippen molar-refractivity contribution in [3.8, 4) is 0 Å². The average Bonchev–Trinajstić information content (AvgIpc) is 3.05. The molecule has 0 spiro atoms. The van der Waals surface area contributed by atoms with E-state index in [-0.39, 0.29) is 36.3 Å². The van der Waals surface area contributed by atoms with Crippen LogP contribution in [0.4, 0.5) is 0 Å². The second kappa shape index (κ2) is 11.1. The summed E-state index contributed by atoms with van der Waals surface area (Å²) >= 11 is 0. The van der Waals surface area contributed by atoms with Crippen LogP contribution in [0.5, 0.6) is 0 Å². The molecule has 0 bridgehead atoms. The highest BCUT2D eigenvalue weighted by molar-refractivity contribution is 14.0. The molecule has 8 nitrogen and oxygen atoms in total. The number of halogens is 1. The minimum atomic E-state index is -3.49. The van der Waals surface area contributed by atoms with Gasteiger partial charge in [0.1, 0.15) is 0 Å². The summed E-state index contributed by atoms with van der Waals surface area (Å²) in [5, 5.41) is 15.3. The maximum Gasteiger partial charge on any atom is 0.210 e. The van der Waals surface area contributed by atoms with E-state index in [9.17, 15) is 8.42 Å². The molecule has 1 aromatic heterocycles. The number of hydrogen-bond acceptors (Lipinski definition) is 4. The van der Waals surface area contributed by atoms with E-state index in [1.807, 2.05) is 48.1 Å². The number of sulfonamides is 1. The van der Waals surface area contributed by atoms with E-state index in [1.165, 1.54) is 0 Å². The lowest BCUT2D eigenvalue weighted by atomic mass is 10.1. The normalized spacial score (nSPS) is 11.7. The predicted octanol–water partition coefficient (Wildman–Crippen LogP) is 0.893. The number of hydrogen-bond donors (Lipinski definition) is 3. The first-order valence-corrected chi connectivity index (χ1v) is 9.76. The lowest BCUT2D eigenvalue weighted by Gasteiger charge is -2.12. The zero-order chi connectivity index (χ0) is 18.1. The van der Waals surface area contributed by atoms with E-state index in [4.69, 9.17) is 5.14 Å².